The summed E-state index contributed by atoms with van der Waals surface area (Å²) in [6, 6.07) is 10.8. The molecule has 3 atom stereocenters. The van der Waals surface area contributed by atoms with E-state index in [9.17, 15) is 10.1 Å². The Morgan fingerprint density at radius 2 is 2.07 bits per heavy atom. The summed E-state index contributed by atoms with van der Waals surface area (Å²) in [7, 11) is 2.11. The number of thiophene rings is 1. The Kier molecular flexibility index (Phi) is 6.50. The third-order valence-corrected chi connectivity index (χ3v) is 9.01. The molecule has 0 unspecified atom stereocenters. The first kappa shape index (κ1) is 21.4. The van der Waals surface area contributed by atoms with Crippen molar-refractivity contribution in [1.82, 2.24) is 0 Å². The monoisotopic (exact) mass is 485 g/mol. The molecule has 2 aromatic rings. The summed E-state index contributed by atoms with van der Waals surface area (Å²) in [5.41, 5.74) is 3.04. The van der Waals surface area contributed by atoms with Crippen LogP contribution in [-0.2, 0) is 11.2 Å². The molecule has 1 aromatic carbocycles. The molecule has 158 valence electrons. The van der Waals surface area contributed by atoms with Gasteiger partial charge in [-0.25, -0.2) is 0 Å². The predicted molar refractivity (Wildman–Crippen MR) is 127 cm³/mol. The largest absolute Gasteiger partial charge is 0.375 e. The first-order valence-electron chi connectivity index (χ1n) is 10.8. The van der Waals surface area contributed by atoms with E-state index in [4.69, 9.17) is 0 Å². The Morgan fingerprint density at radius 3 is 2.70 bits per heavy atom. The van der Waals surface area contributed by atoms with Crippen LogP contribution in [0.5, 0.6) is 0 Å². The molecule has 2 fully saturated rings. The second-order valence-electron chi connectivity index (χ2n) is 8.79. The smallest absolute Gasteiger partial charge is 0.228 e. The van der Waals surface area contributed by atoms with Crippen molar-refractivity contribution in [1.29, 1.82) is 5.26 Å². The van der Waals surface area contributed by atoms with Crippen LogP contribution in [0.1, 0.15) is 48.1 Å². The Bertz CT molecular complexity index is 962. The molecular formula is C24H28BrN3OS. The van der Waals surface area contributed by atoms with Gasteiger partial charge in [0.2, 0.25) is 5.91 Å². The summed E-state index contributed by atoms with van der Waals surface area (Å²) in [6.07, 6.45) is 6.54. The number of hydrogen-bond donors (Lipinski definition) is 1. The highest BCUT2D eigenvalue weighted by molar-refractivity contribution is 9.10. The van der Waals surface area contributed by atoms with Gasteiger partial charge in [0.15, 0.2) is 0 Å². The Hall–Kier alpha value is -1.84. The van der Waals surface area contributed by atoms with Crippen LogP contribution in [-0.4, -0.2) is 19.5 Å². The van der Waals surface area contributed by atoms with E-state index in [1.807, 2.05) is 0 Å². The number of benzene rings is 1. The predicted octanol–water partition coefficient (Wildman–Crippen LogP) is 6.13. The number of aryl methyl sites for hydroxylation is 2. The molecule has 2 aliphatic carbocycles. The molecule has 4 nitrogen and oxygen atoms in total. The van der Waals surface area contributed by atoms with Gasteiger partial charge in [-0.3, -0.25) is 4.79 Å². The van der Waals surface area contributed by atoms with E-state index in [0.29, 0.717) is 16.5 Å². The molecular weight excluding hydrogens is 458 g/mol. The van der Waals surface area contributed by atoms with Gasteiger partial charge in [0.05, 0.1) is 4.47 Å². The van der Waals surface area contributed by atoms with E-state index in [0.717, 1.165) is 41.1 Å². The van der Waals surface area contributed by atoms with Crippen molar-refractivity contribution in [3.8, 4) is 6.07 Å². The van der Waals surface area contributed by atoms with Crippen LogP contribution < -0.4 is 10.2 Å². The van der Waals surface area contributed by atoms with Gasteiger partial charge in [0.25, 0.3) is 0 Å². The maximum absolute atomic E-state index is 12.8. The number of carbonyl (C=O) groups is 1. The topological polar surface area (TPSA) is 56.1 Å². The van der Waals surface area contributed by atoms with Gasteiger partial charge in [-0.1, -0.05) is 24.1 Å². The summed E-state index contributed by atoms with van der Waals surface area (Å²) in [4.78, 5) is 16.2. The number of amides is 1. The number of nitriles is 1. The average Bonchev–Trinajstić information content (AvgIpc) is 3.44. The van der Waals surface area contributed by atoms with Gasteiger partial charge in [-0.15, -0.1) is 11.3 Å². The van der Waals surface area contributed by atoms with E-state index in [-0.39, 0.29) is 11.8 Å². The van der Waals surface area contributed by atoms with Crippen LogP contribution in [0.3, 0.4) is 0 Å². The number of nitrogens with one attached hydrogen (secondary N) is 1. The zero-order valence-electron chi connectivity index (χ0n) is 17.6. The zero-order valence-corrected chi connectivity index (χ0v) is 20.0. The molecule has 4 rings (SSSR count). The number of nitrogens with zero attached hydrogens (tertiary/aromatic N) is 2. The Balaban J connectivity index is 1.37. The SMILES string of the molecule is Cc1ccc(N(C)CCCc2sc(NC(=O)[C@@H]3C[C@H]4CC[C@H]3C4)c(C#N)c2Br)cc1. The number of fused-ring (bicyclic) bond motifs is 2. The van der Waals surface area contributed by atoms with E-state index < -0.39 is 0 Å². The molecule has 1 aromatic heterocycles. The van der Waals surface area contributed by atoms with Crippen LogP contribution in [0.15, 0.2) is 28.7 Å². The fraction of sp³-hybridized carbons (Fsp3) is 0.500. The first-order chi connectivity index (χ1) is 14.5. The van der Waals surface area contributed by atoms with E-state index in [2.05, 4.69) is 70.5 Å². The van der Waals surface area contributed by atoms with Crippen LogP contribution >= 0.6 is 27.3 Å². The molecule has 2 saturated carbocycles. The third-order valence-electron chi connectivity index (χ3n) is 6.71. The van der Waals surface area contributed by atoms with Gasteiger partial charge in [0.1, 0.15) is 16.6 Å². The number of carbonyl (C=O) groups excluding carboxylic acids is 1. The minimum Gasteiger partial charge on any atom is -0.375 e. The van der Waals surface area contributed by atoms with Crippen molar-refractivity contribution in [3.05, 3.63) is 44.7 Å². The summed E-state index contributed by atoms with van der Waals surface area (Å²) in [5, 5.41) is 13.5. The van der Waals surface area contributed by atoms with Gasteiger partial charge >= 0.3 is 0 Å². The van der Waals surface area contributed by atoms with Gasteiger partial charge in [-0.05, 0) is 78.9 Å². The van der Waals surface area contributed by atoms with Gasteiger partial charge in [0, 0.05) is 30.1 Å². The Labute approximate surface area is 191 Å². The van der Waals surface area contributed by atoms with E-state index in [1.165, 1.54) is 30.5 Å². The fourth-order valence-corrected chi connectivity index (χ4v) is 6.93. The van der Waals surface area contributed by atoms with Crippen molar-refractivity contribution in [2.45, 2.75) is 45.4 Å². The Morgan fingerprint density at radius 1 is 1.30 bits per heavy atom. The molecule has 0 saturated heterocycles. The summed E-state index contributed by atoms with van der Waals surface area (Å²) in [6.45, 7) is 3.03. The second kappa shape index (κ2) is 9.11. The molecule has 2 aliphatic rings. The summed E-state index contributed by atoms with van der Waals surface area (Å²) >= 11 is 5.16. The maximum Gasteiger partial charge on any atom is 0.228 e. The lowest BCUT2D eigenvalue weighted by atomic mass is 9.88. The van der Waals surface area contributed by atoms with Crippen molar-refractivity contribution in [2.75, 3.05) is 23.8 Å². The summed E-state index contributed by atoms with van der Waals surface area (Å²) < 4.78 is 0.844. The third kappa shape index (κ3) is 4.43. The highest BCUT2D eigenvalue weighted by Crippen LogP contribution is 2.49. The van der Waals surface area contributed by atoms with E-state index in [1.54, 1.807) is 11.3 Å². The van der Waals surface area contributed by atoms with E-state index >= 15 is 0 Å². The lowest BCUT2D eigenvalue weighted by molar-refractivity contribution is -0.121. The molecule has 1 heterocycles. The number of anilines is 2. The quantitative estimate of drug-likeness (QED) is 0.512. The lowest BCUT2D eigenvalue weighted by Gasteiger charge is -2.20. The van der Waals surface area contributed by atoms with Gasteiger partial charge < -0.3 is 10.2 Å². The van der Waals surface area contributed by atoms with Crippen LogP contribution in [0.4, 0.5) is 10.7 Å². The molecule has 1 amide bonds. The molecule has 0 aliphatic heterocycles. The average molecular weight is 486 g/mol. The van der Waals surface area contributed by atoms with Crippen LogP contribution in [0.25, 0.3) is 0 Å². The number of hydrogen-bond acceptors (Lipinski definition) is 4. The molecule has 2 bridgehead atoms. The van der Waals surface area contributed by atoms with Crippen LogP contribution in [0, 0.1) is 36.0 Å². The molecule has 6 heteroatoms. The summed E-state index contributed by atoms with van der Waals surface area (Å²) in [5.74, 6) is 1.51. The molecule has 30 heavy (non-hydrogen) atoms. The minimum atomic E-state index is 0.109. The minimum absolute atomic E-state index is 0.109. The first-order valence-corrected chi connectivity index (χ1v) is 12.4. The van der Waals surface area contributed by atoms with Gasteiger partial charge in [-0.2, -0.15) is 5.26 Å². The molecule has 1 N–H and O–H groups in total. The fourth-order valence-electron chi connectivity index (χ4n) is 4.98. The highest BCUT2D eigenvalue weighted by atomic mass is 79.9. The van der Waals surface area contributed by atoms with Crippen molar-refractivity contribution < 1.29 is 4.79 Å². The molecule has 0 spiro atoms. The number of halogens is 1. The normalized spacial score (nSPS) is 22.1. The number of rotatable bonds is 7. The zero-order chi connectivity index (χ0) is 21.3. The maximum atomic E-state index is 12.8. The second-order valence-corrected chi connectivity index (χ2v) is 10.7. The van der Waals surface area contributed by atoms with Crippen LogP contribution in [0.2, 0.25) is 0 Å². The standard InChI is InChI=1S/C24H28BrN3OS/c1-15-5-9-18(10-6-15)28(2)11-3-4-21-22(25)20(14-26)24(30-21)27-23(29)19-13-16-7-8-17(19)12-16/h5-6,9-10,16-17,19H,3-4,7-8,11-13H2,1-2H3,(H,27,29)/t16-,17-,19+/m0/s1. The van der Waals surface area contributed by atoms with Crippen molar-refractivity contribution >= 4 is 43.9 Å². The molecule has 0 radical (unpaired) electrons. The van der Waals surface area contributed by atoms with Crippen molar-refractivity contribution in [3.63, 3.8) is 0 Å². The lowest BCUT2D eigenvalue weighted by Crippen LogP contribution is -2.27. The van der Waals surface area contributed by atoms with Crippen molar-refractivity contribution in [2.24, 2.45) is 17.8 Å². The highest BCUT2D eigenvalue weighted by Gasteiger charge is 2.43.